The van der Waals surface area contributed by atoms with Crippen molar-refractivity contribution in [3.63, 3.8) is 0 Å². The minimum absolute atomic E-state index is 0.0845. The van der Waals surface area contributed by atoms with E-state index in [4.69, 9.17) is 33.2 Å². The van der Waals surface area contributed by atoms with Gasteiger partial charge in [-0.15, -0.1) is 39.8 Å². The predicted molar refractivity (Wildman–Crippen MR) is 61.7 cm³/mol. The van der Waals surface area contributed by atoms with Gasteiger partial charge in [-0.3, -0.25) is 0 Å². The molecule has 0 aromatic rings. The SMILES string of the molecule is C=CC1CC2([Si](Cl)(Cl)Cl)CCC1C2. The molecule has 2 fully saturated rings. The third kappa shape index (κ3) is 1.48. The second-order valence-corrected chi connectivity index (χ2v) is 13.3. The van der Waals surface area contributed by atoms with Gasteiger partial charge < -0.3 is 0 Å². The van der Waals surface area contributed by atoms with E-state index in [0.717, 1.165) is 25.2 Å². The van der Waals surface area contributed by atoms with E-state index in [1.807, 2.05) is 0 Å². The molecular formula is C9H13Cl3Si. The number of rotatable bonds is 2. The first-order chi connectivity index (χ1) is 5.98. The number of hydrogen-bond donors (Lipinski definition) is 0. The highest BCUT2D eigenvalue weighted by Gasteiger charge is 2.60. The lowest BCUT2D eigenvalue weighted by molar-refractivity contribution is 0.400. The predicted octanol–water partition coefficient (Wildman–Crippen LogP) is 4.39. The van der Waals surface area contributed by atoms with Crippen LogP contribution < -0.4 is 0 Å². The van der Waals surface area contributed by atoms with Gasteiger partial charge in [0.2, 0.25) is 0 Å². The van der Waals surface area contributed by atoms with Crippen LogP contribution in [0.25, 0.3) is 0 Å². The fraction of sp³-hybridized carbons (Fsp3) is 0.778. The number of hydrogen-bond acceptors (Lipinski definition) is 0. The first-order valence-electron chi connectivity index (χ1n) is 4.68. The summed E-state index contributed by atoms with van der Waals surface area (Å²) in [6, 6.07) is -2.52. The van der Waals surface area contributed by atoms with E-state index in [9.17, 15) is 0 Å². The summed E-state index contributed by atoms with van der Waals surface area (Å²) in [5, 5.41) is 0.0845. The fourth-order valence-electron chi connectivity index (χ4n) is 2.99. The monoisotopic (exact) mass is 254 g/mol. The van der Waals surface area contributed by atoms with Crippen molar-refractivity contribution in [2.45, 2.75) is 30.7 Å². The topological polar surface area (TPSA) is 0 Å². The van der Waals surface area contributed by atoms with Crippen molar-refractivity contribution < 1.29 is 0 Å². The molecule has 0 N–H and O–H groups in total. The average Bonchev–Trinajstić information content (AvgIpc) is 2.59. The van der Waals surface area contributed by atoms with Crippen molar-refractivity contribution in [2.75, 3.05) is 0 Å². The van der Waals surface area contributed by atoms with Gasteiger partial charge in [-0.2, -0.15) is 0 Å². The molecule has 2 aliphatic rings. The van der Waals surface area contributed by atoms with E-state index in [1.54, 1.807) is 0 Å². The standard InChI is InChI=1S/C9H13Cl3Si/c1-2-7-5-9(13(10,11)12)4-3-8(7)6-9/h2,7-8H,1,3-6H2. The molecule has 3 unspecified atom stereocenters. The Bertz CT molecular complexity index is 236. The summed E-state index contributed by atoms with van der Waals surface area (Å²) >= 11 is 18.5. The molecule has 0 nitrogen and oxygen atoms in total. The van der Waals surface area contributed by atoms with Crippen molar-refractivity contribution in [1.29, 1.82) is 0 Å². The highest BCUT2D eigenvalue weighted by Crippen LogP contribution is 2.69. The largest absolute Gasteiger partial charge is 0.347 e. The number of allylic oxidation sites excluding steroid dienone is 1. The molecule has 13 heavy (non-hydrogen) atoms. The first kappa shape index (κ1) is 10.3. The van der Waals surface area contributed by atoms with Crippen LogP contribution in [0.5, 0.6) is 0 Å². The molecule has 3 atom stereocenters. The molecule has 0 spiro atoms. The highest BCUT2D eigenvalue weighted by molar-refractivity contribution is 7.65. The third-order valence-electron chi connectivity index (χ3n) is 3.78. The lowest BCUT2D eigenvalue weighted by Gasteiger charge is -2.33. The lowest BCUT2D eigenvalue weighted by Crippen LogP contribution is -2.30. The Morgan fingerprint density at radius 1 is 1.31 bits per heavy atom. The van der Waals surface area contributed by atoms with Crippen LogP contribution in [0.15, 0.2) is 12.7 Å². The molecule has 74 valence electrons. The Balaban J connectivity index is 2.24. The van der Waals surface area contributed by atoms with Crippen molar-refractivity contribution in [2.24, 2.45) is 11.8 Å². The maximum atomic E-state index is 6.18. The smallest absolute Gasteiger partial charge is 0.125 e. The first-order valence-corrected chi connectivity index (χ1v) is 9.71. The second kappa shape index (κ2) is 3.16. The average molecular weight is 256 g/mol. The molecule has 2 aliphatic carbocycles. The summed E-state index contributed by atoms with van der Waals surface area (Å²) in [4.78, 5) is 0. The summed E-state index contributed by atoms with van der Waals surface area (Å²) in [5.74, 6) is 1.36. The second-order valence-electron chi connectivity index (χ2n) is 4.38. The quantitative estimate of drug-likeness (QED) is 0.390. The van der Waals surface area contributed by atoms with Crippen LogP contribution in [0.3, 0.4) is 0 Å². The Labute approximate surface area is 94.4 Å². The molecule has 0 aliphatic heterocycles. The van der Waals surface area contributed by atoms with Gasteiger partial charge >= 0.3 is 6.00 Å². The van der Waals surface area contributed by atoms with Crippen molar-refractivity contribution in [3.8, 4) is 0 Å². The van der Waals surface area contributed by atoms with Gasteiger partial charge in [0, 0.05) is 5.04 Å². The number of fused-ring (bicyclic) bond motifs is 2. The Hall–Kier alpha value is 0.827. The van der Waals surface area contributed by atoms with Gasteiger partial charge in [-0.1, -0.05) is 6.08 Å². The number of halogens is 3. The van der Waals surface area contributed by atoms with Gasteiger partial charge in [0.15, 0.2) is 0 Å². The van der Waals surface area contributed by atoms with E-state index in [1.165, 1.54) is 6.42 Å². The molecule has 0 heterocycles. The van der Waals surface area contributed by atoms with Gasteiger partial charge in [0.05, 0.1) is 0 Å². The van der Waals surface area contributed by atoms with E-state index in [2.05, 4.69) is 12.7 Å². The zero-order valence-corrected chi connectivity index (χ0v) is 10.7. The van der Waals surface area contributed by atoms with Crippen LogP contribution in [0.1, 0.15) is 25.7 Å². The van der Waals surface area contributed by atoms with Crippen LogP contribution in [-0.2, 0) is 0 Å². The summed E-state index contributed by atoms with van der Waals surface area (Å²) in [6.45, 7) is 3.86. The molecule has 0 amide bonds. The third-order valence-corrected chi connectivity index (χ3v) is 9.25. The normalized spacial score (nSPS) is 43.9. The van der Waals surface area contributed by atoms with E-state index in [-0.39, 0.29) is 5.04 Å². The van der Waals surface area contributed by atoms with Gasteiger partial charge in [-0.05, 0) is 37.5 Å². The van der Waals surface area contributed by atoms with Crippen LogP contribution >= 0.6 is 33.2 Å². The van der Waals surface area contributed by atoms with Crippen molar-refractivity contribution in [3.05, 3.63) is 12.7 Å². The van der Waals surface area contributed by atoms with Crippen LogP contribution in [0.4, 0.5) is 0 Å². The maximum absolute atomic E-state index is 6.18. The molecule has 0 aromatic carbocycles. The summed E-state index contributed by atoms with van der Waals surface area (Å²) < 4.78 is 0. The fourth-order valence-corrected chi connectivity index (χ4v) is 6.61. The Morgan fingerprint density at radius 2 is 2.00 bits per heavy atom. The van der Waals surface area contributed by atoms with E-state index >= 15 is 0 Å². The van der Waals surface area contributed by atoms with Gasteiger partial charge in [-0.25, -0.2) is 0 Å². The van der Waals surface area contributed by atoms with Crippen molar-refractivity contribution in [1.82, 2.24) is 0 Å². The van der Waals surface area contributed by atoms with E-state index in [0.29, 0.717) is 5.92 Å². The Kier molecular flexibility index (Phi) is 2.52. The molecular weight excluding hydrogens is 243 g/mol. The molecule has 0 radical (unpaired) electrons. The molecule has 2 rings (SSSR count). The zero-order chi connectivity index (χ0) is 9.69. The minimum atomic E-state index is -2.52. The Morgan fingerprint density at radius 3 is 2.38 bits per heavy atom. The summed E-state index contributed by atoms with van der Waals surface area (Å²) in [6.07, 6.45) is 6.62. The summed E-state index contributed by atoms with van der Waals surface area (Å²) in [7, 11) is 0. The molecule has 4 heteroatoms. The lowest BCUT2D eigenvalue weighted by atomic mass is 9.89. The molecule has 2 bridgehead atoms. The zero-order valence-electron chi connectivity index (χ0n) is 7.40. The molecule has 0 saturated heterocycles. The molecule has 0 aromatic heterocycles. The van der Waals surface area contributed by atoms with Gasteiger partial charge in [0.1, 0.15) is 0 Å². The molecule has 2 saturated carbocycles. The highest BCUT2D eigenvalue weighted by atomic mass is 35.8. The van der Waals surface area contributed by atoms with E-state index < -0.39 is 6.00 Å². The van der Waals surface area contributed by atoms with Crippen LogP contribution in [0.2, 0.25) is 5.04 Å². The van der Waals surface area contributed by atoms with Crippen molar-refractivity contribution >= 4 is 39.2 Å². The van der Waals surface area contributed by atoms with Gasteiger partial charge in [0.25, 0.3) is 0 Å². The minimum Gasteiger partial charge on any atom is -0.125 e. The maximum Gasteiger partial charge on any atom is 0.347 e. The van der Waals surface area contributed by atoms with Crippen LogP contribution in [-0.4, -0.2) is 6.00 Å². The summed E-state index contributed by atoms with van der Waals surface area (Å²) in [5.41, 5.74) is 0. The van der Waals surface area contributed by atoms with Crippen LogP contribution in [0, 0.1) is 11.8 Å².